The van der Waals surface area contributed by atoms with E-state index in [4.69, 9.17) is 0 Å². The zero-order chi connectivity index (χ0) is 11.7. The monoisotopic (exact) mass is 243 g/mol. The first kappa shape index (κ1) is 10.7. The van der Waals surface area contributed by atoms with Crippen molar-refractivity contribution < 1.29 is 4.79 Å². The second-order valence-corrected chi connectivity index (χ2v) is 5.10. The molecule has 86 valence electrons. The first-order valence-electron chi connectivity index (χ1n) is 5.70. The normalized spacial score (nSPS) is 13.6. The molecular formula is C14H13NOS. The van der Waals surface area contributed by atoms with Gasteiger partial charge in [0.15, 0.2) is 5.78 Å². The SMILES string of the molecule is O=C(Cc1ccsc1)c1ccc2c(c1)CNC2. The lowest BCUT2D eigenvalue weighted by Crippen LogP contribution is -2.03. The maximum Gasteiger partial charge on any atom is 0.167 e. The molecule has 3 rings (SSSR count). The van der Waals surface area contributed by atoms with Crippen molar-refractivity contribution in [1.82, 2.24) is 5.32 Å². The van der Waals surface area contributed by atoms with Crippen LogP contribution in [0.2, 0.25) is 0 Å². The fourth-order valence-electron chi connectivity index (χ4n) is 2.15. The van der Waals surface area contributed by atoms with Gasteiger partial charge in [-0.2, -0.15) is 11.3 Å². The molecule has 0 radical (unpaired) electrons. The van der Waals surface area contributed by atoms with Gasteiger partial charge in [0, 0.05) is 25.1 Å². The molecule has 0 saturated carbocycles. The third kappa shape index (κ3) is 2.16. The number of carbonyl (C=O) groups excluding carboxylic acids is 1. The molecule has 0 spiro atoms. The topological polar surface area (TPSA) is 29.1 Å². The Balaban J connectivity index is 1.82. The van der Waals surface area contributed by atoms with Gasteiger partial charge in [0.25, 0.3) is 0 Å². The standard InChI is InChI=1S/C14H13NOS/c16-14(5-10-3-4-17-9-10)11-1-2-12-7-15-8-13(12)6-11/h1-4,6,9,15H,5,7-8H2. The summed E-state index contributed by atoms with van der Waals surface area (Å²) in [4.78, 5) is 12.1. The van der Waals surface area contributed by atoms with Crippen LogP contribution in [0.15, 0.2) is 35.0 Å². The van der Waals surface area contributed by atoms with Crippen molar-refractivity contribution in [1.29, 1.82) is 0 Å². The van der Waals surface area contributed by atoms with Gasteiger partial charge < -0.3 is 5.32 Å². The summed E-state index contributed by atoms with van der Waals surface area (Å²) in [6, 6.07) is 8.05. The molecule has 0 fully saturated rings. The van der Waals surface area contributed by atoms with Crippen molar-refractivity contribution in [2.24, 2.45) is 0 Å². The number of fused-ring (bicyclic) bond motifs is 1. The lowest BCUT2D eigenvalue weighted by Gasteiger charge is -2.03. The minimum atomic E-state index is 0.207. The molecule has 2 heterocycles. The number of benzene rings is 1. The molecule has 1 aromatic carbocycles. The Morgan fingerprint density at radius 3 is 2.94 bits per heavy atom. The summed E-state index contributed by atoms with van der Waals surface area (Å²) in [5.74, 6) is 0.207. The van der Waals surface area contributed by atoms with E-state index < -0.39 is 0 Å². The van der Waals surface area contributed by atoms with Crippen molar-refractivity contribution in [2.75, 3.05) is 0 Å². The molecule has 1 N–H and O–H groups in total. The molecule has 2 nitrogen and oxygen atoms in total. The van der Waals surface area contributed by atoms with E-state index in [1.165, 1.54) is 11.1 Å². The fourth-order valence-corrected chi connectivity index (χ4v) is 2.82. The first-order chi connectivity index (χ1) is 8.33. The molecule has 3 heteroatoms. The van der Waals surface area contributed by atoms with Crippen LogP contribution in [0, 0.1) is 0 Å². The third-order valence-electron chi connectivity index (χ3n) is 3.10. The molecule has 0 unspecified atom stereocenters. The lowest BCUT2D eigenvalue weighted by molar-refractivity contribution is 0.0993. The number of nitrogens with one attached hydrogen (secondary N) is 1. The van der Waals surface area contributed by atoms with Crippen LogP contribution in [0.5, 0.6) is 0 Å². The molecule has 1 aliphatic heterocycles. The van der Waals surface area contributed by atoms with Crippen molar-refractivity contribution in [3.8, 4) is 0 Å². The van der Waals surface area contributed by atoms with Crippen LogP contribution in [0.3, 0.4) is 0 Å². The van der Waals surface area contributed by atoms with Crippen molar-refractivity contribution in [3.63, 3.8) is 0 Å². The Labute approximate surface area is 104 Å². The van der Waals surface area contributed by atoms with Gasteiger partial charge in [-0.25, -0.2) is 0 Å². The van der Waals surface area contributed by atoms with E-state index in [0.717, 1.165) is 24.2 Å². The van der Waals surface area contributed by atoms with Crippen LogP contribution < -0.4 is 5.32 Å². The van der Waals surface area contributed by atoms with Crippen LogP contribution in [0.25, 0.3) is 0 Å². The molecule has 1 aromatic heterocycles. The van der Waals surface area contributed by atoms with Gasteiger partial charge in [-0.3, -0.25) is 4.79 Å². The number of ketones is 1. The molecule has 0 atom stereocenters. The van der Waals surface area contributed by atoms with Crippen LogP contribution in [-0.4, -0.2) is 5.78 Å². The van der Waals surface area contributed by atoms with Crippen LogP contribution in [0.1, 0.15) is 27.0 Å². The third-order valence-corrected chi connectivity index (χ3v) is 3.84. The van der Waals surface area contributed by atoms with E-state index in [2.05, 4.69) is 11.4 Å². The van der Waals surface area contributed by atoms with Gasteiger partial charge in [0.05, 0.1) is 0 Å². The van der Waals surface area contributed by atoms with Crippen molar-refractivity contribution in [2.45, 2.75) is 19.5 Å². The predicted molar refractivity (Wildman–Crippen MR) is 69.3 cm³/mol. The minimum Gasteiger partial charge on any atom is -0.309 e. The van der Waals surface area contributed by atoms with Gasteiger partial charge in [-0.1, -0.05) is 12.1 Å². The molecule has 0 amide bonds. The number of carbonyl (C=O) groups is 1. The summed E-state index contributed by atoms with van der Waals surface area (Å²) in [6.07, 6.45) is 0.510. The molecule has 1 aliphatic rings. The van der Waals surface area contributed by atoms with E-state index in [0.29, 0.717) is 6.42 Å². The molecule has 2 aromatic rings. The zero-order valence-electron chi connectivity index (χ0n) is 9.40. The highest BCUT2D eigenvalue weighted by atomic mass is 32.1. The van der Waals surface area contributed by atoms with E-state index in [1.807, 2.05) is 29.0 Å². The molecule has 0 bridgehead atoms. The fraction of sp³-hybridized carbons (Fsp3) is 0.214. The summed E-state index contributed by atoms with van der Waals surface area (Å²) in [5.41, 5.74) is 4.52. The van der Waals surface area contributed by atoms with Crippen LogP contribution >= 0.6 is 11.3 Å². The second-order valence-electron chi connectivity index (χ2n) is 4.32. The van der Waals surface area contributed by atoms with E-state index in [9.17, 15) is 4.79 Å². The Morgan fingerprint density at radius 2 is 2.12 bits per heavy atom. The minimum absolute atomic E-state index is 0.207. The Morgan fingerprint density at radius 1 is 1.24 bits per heavy atom. The molecule has 17 heavy (non-hydrogen) atoms. The summed E-state index contributed by atoms with van der Waals surface area (Å²) in [6.45, 7) is 1.81. The average Bonchev–Trinajstić information content (AvgIpc) is 2.97. The predicted octanol–water partition coefficient (Wildman–Crippen LogP) is 2.78. The Bertz CT molecular complexity index is 545. The number of rotatable bonds is 3. The van der Waals surface area contributed by atoms with E-state index >= 15 is 0 Å². The quantitative estimate of drug-likeness (QED) is 0.840. The van der Waals surface area contributed by atoms with Crippen LogP contribution in [-0.2, 0) is 19.5 Å². The molecular weight excluding hydrogens is 230 g/mol. The van der Waals surface area contributed by atoms with Gasteiger partial charge in [-0.05, 0) is 39.6 Å². The van der Waals surface area contributed by atoms with Crippen LogP contribution in [0.4, 0.5) is 0 Å². The largest absolute Gasteiger partial charge is 0.309 e. The summed E-state index contributed by atoms with van der Waals surface area (Å²) < 4.78 is 0. The second kappa shape index (κ2) is 4.43. The van der Waals surface area contributed by atoms with Crippen molar-refractivity contribution in [3.05, 3.63) is 57.3 Å². The van der Waals surface area contributed by atoms with Gasteiger partial charge >= 0.3 is 0 Å². The summed E-state index contributed by atoms with van der Waals surface area (Å²) >= 11 is 1.63. The highest BCUT2D eigenvalue weighted by molar-refractivity contribution is 7.08. The smallest absolute Gasteiger partial charge is 0.167 e. The number of thiophene rings is 1. The number of hydrogen-bond acceptors (Lipinski definition) is 3. The number of hydrogen-bond donors (Lipinski definition) is 1. The highest BCUT2D eigenvalue weighted by Gasteiger charge is 2.13. The van der Waals surface area contributed by atoms with Crippen molar-refractivity contribution >= 4 is 17.1 Å². The highest BCUT2D eigenvalue weighted by Crippen LogP contribution is 2.18. The maximum absolute atomic E-state index is 12.1. The van der Waals surface area contributed by atoms with E-state index in [-0.39, 0.29) is 5.78 Å². The van der Waals surface area contributed by atoms with E-state index in [1.54, 1.807) is 11.3 Å². The average molecular weight is 243 g/mol. The summed E-state index contributed by atoms with van der Waals surface area (Å²) in [7, 11) is 0. The van der Waals surface area contributed by atoms with Gasteiger partial charge in [-0.15, -0.1) is 0 Å². The Kier molecular flexibility index (Phi) is 2.79. The molecule has 0 saturated heterocycles. The van der Waals surface area contributed by atoms with Gasteiger partial charge in [0.1, 0.15) is 0 Å². The summed E-state index contributed by atoms with van der Waals surface area (Å²) in [5, 5.41) is 7.33. The van der Waals surface area contributed by atoms with Gasteiger partial charge in [0.2, 0.25) is 0 Å². The lowest BCUT2D eigenvalue weighted by atomic mass is 10.0. The maximum atomic E-state index is 12.1. The Hall–Kier alpha value is -1.45. The molecule has 0 aliphatic carbocycles. The number of Topliss-reactive ketones (excluding diaryl/α,β-unsaturated/α-hetero) is 1. The first-order valence-corrected chi connectivity index (χ1v) is 6.64. The zero-order valence-corrected chi connectivity index (χ0v) is 10.2.